The fraction of sp³-hybridized carbons (Fsp3) is 0.667. The second kappa shape index (κ2) is 4.01. The average Bonchev–Trinajstić information content (AvgIpc) is 3.16. The van der Waals surface area contributed by atoms with Crippen molar-refractivity contribution < 1.29 is 5.11 Å². The van der Waals surface area contributed by atoms with E-state index >= 15 is 0 Å². The Morgan fingerprint density at radius 3 is 2.69 bits per heavy atom. The third kappa shape index (κ3) is 2.16. The van der Waals surface area contributed by atoms with E-state index in [9.17, 15) is 0 Å². The van der Waals surface area contributed by atoms with Crippen LogP contribution in [0.25, 0.3) is 0 Å². The molecular formula is C12H17N3O. The van der Waals surface area contributed by atoms with E-state index in [2.05, 4.69) is 14.9 Å². The predicted molar refractivity (Wildman–Crippen MR) is 61.0 cm³/mol. The molecule has 2 saturated carbocycles. The molecule has 3 rings (SSSR count). The number of anilines is 1. The molecule has 1 aromatic rings. The second-order valence-corrected chi connectivity index (χ2v) is 4.85. The maximum atomic E-state index is 9.07. The van der Waals surface area contributed by atoms with Gasteiger partial charge in [-0.2, -0.15) is 0 Å². The largest absolute Gasteiger partial charge is 0.390 e. The first-order chi connectivity index (χ1) is 7.86. The van der Waals surface area contributed by atoms with Crippen LogP contribution < -0.4 is 4.90 Å². The Balaban J connectivity index is 1.79. The Hall–Kier alpha value is -1.16. The highest BCUT2D eigenvalue weighted by molar-refractivity contribution is 5.40. The number of rotatable bonds is 5. The summed E-state index contributed by atoms with van der Waals surface area (Å²) in [6.45, 7) is 1.09. The molecular weight excluding hydrogens is 202 g/mol. The minimum Gasteiger partial charge on any atom is -0.390 e. The van der Waals surface area contributed by atoms with Gasteiger partial charge in [-0.1, -0.05) is 0 Å². The number of aromatic nitrogens is 2. The van der Waals surface area contributed by atoms with Crippen LogP contribution in [0.5, 0.6) is 0 Å². The monoisotopic (exact) mass is 219 g/mol. The van der Waals surface area contributed by atoms with Crippen LogP contribution in [0.2, 0.25) is 0 Å². The van der Waals surface area contributed by atoms with Crippen molar-refractivity contribution in [3.05, 3.63) is 18.1 Å². The van der Waals surface area contributed by atoms with E-state index in [1.165, 1.54) is 25.7 Å². The van der Waals surface area contributed by atoms with E-state index in [0.29, 0.717) is 11.7 Å². The molecule has 1 aromatic heterocycles. The Labute approximate surface area is 95.3 Å². The normalized spacial score (nSPS) is 19.8. The van der Waals surface area contributed by atoms with Gasteiger partial charge in [0, 0.05) is 12.6 Å². The number of hydrogen-bond acceptors (Lipinski definition) is 4. The van der Waals surface area contributed by atoms with Gasteiger partial charge >= 0.3 is 0 Å². The van der Waals surface area contributed by atoms with Gasteiger partial charge in [-0.15, -0.1) is 0 Å². The second-order valence-electron chi connectivity index (χ2n) is 4.85. The lowest BCUT2D eigenvalue weighted by Gasteiger charge is -2.23. The van der Waals surface area contributed by atoms with Crippen LogP contribution in [0.15, 0.2) is 12.4 Å². The molecule has 0 aliphatic heterocycles. The molecule has 2 fully saturated rings. The summed E-state index contributed by atoms with van der Waals surface area (Å²) in [5.74, 6) is 1.81. The standard InChI is InChI=1S/C12H17N3O/c16-8-10-5-13-6-12(14-10)15(11-3-4-11)7-9-1-2-9/h5-6,9,11,16H,1-4,7-8H2. The highest BCUT2D eigenvalue weighted by Gasteiger charge is 2.34. The summed E-state index contributed by atoms with van der Waals surface area (Å²) >= 11 is 0. The summed E-state index contributed by atoms with van der Waals surface area (Å²) in [7, 11) is 0. The fourth-order valence-electron chi connectivity index (χ4n) is 2.00. The molecule has 4 heteroatoms. The van der Waals surface area contributed by atoms with Crippen molar-refractivity contribution in [3.8, 4) is 0 Å². The van der Waals surface area contributed by atoms with Crippen LogP contribution in [-0.4, -0.2) is 27.7 Å². The molecule has 0 unspecified atom stereocenters. The molecule has 4 nitrogen and oxygen atoms in total. The first-order valence-corrected chi connectivity index (χ1v) is 6.05. The summed E-state index contributed by atoms with van der Waals surface area (Å²) < 4.78 is 0. The number of aliphatic hydroxyl groups is 1. The van der Waals surface area contributed by atoms with Gasteiger partial charge in [0.05, 0.1) is 24.7 Å². The third-order valence-electron chi connectivity index (χ3n) is 3.27. The predicted octanol–water partition coefficient (Wildman–Crippen LogP) is 1.35. The average molecular weight is 219 g/mol. The Kier molecular flexibility index (Phi) is 2.52. The minimum absolute atomic E-state index is 0.0250. The molecule has 1 N–H and O–H groups in total. The molecule has 0 aromatic carbocycles. The molecule has 0 atom stereocenters. The molecule has 0 spiro atoms. The van der Waals surface area contributed by atoms with Crippen LogP contribution in [0.1, 0.15) is 31.4 Å². The van der Waals surface area contributed by atoms with Crippen molar-refractivity contribution in [2.45, 2.75) is 38.3 Å². The maximum Gasteiger partial charge on any atom is 0.147 e. The Bertz CT molecular complexity index is 374. The van der Waals surface area contributed by atoms with Gasteiger partial charge in [-0.05, 0) is 31.6 Å². The van der Waals surface area contributed by atoms with Crippen molar-refractivity contribution in [2.75, 3.05) is 11.4 Å². The fourth-order valence-corrected chi connectivity index (χ4v) is 2.00. The lowest BCUT2D eigenvalue weighted by molar-refractivity contribution is 0.276. The molecule has 1 heterocycles. The lowest BCUT2D eigenvalue weighted by atomic mass is 10.3. The first-order valence-electron chi connectivity index (χ1n) is 6.05. The topological polar surface area (TPSA) is 49.3 Å². The first kappa shape index (κ1) is 10.0. The molecule has 0 saturated heterocycles. The molecule has 2 aliphatic rings. The van der Waals surface area contributed by atoms with E-state index < -0.39 is 0 Å². The third-order valence-corrected chi connectivity index (χ3v) is 3.27. The van der Waals surface area contributed by atoms with E-state index in [-0.39, 0.29) is 6.61 Å². The van der Waals surface area contributed by atoms with Gasteiger partial charge in [-0.25, -0.2) is 4.98 Å². The number of hydrogen-bond donors (Lipinski definition) is 1. The van der Waals surface area contributed by atoms with Crippen molar-refractivity contribution in [1.82, 2.24) is 9.97 Å². The SMILES string of the molecule is OCc1cncc(N(CC2CC2)C2CC2)n1. The van der Waals surface area contributed by atoms with Gasteiger partial charge in [0.15, 0.2) is 0 Å². The van der Waals surface area contributed by atoms with E-state index in [1.54, 1.807) is 6.20 Å². The van der Waals surface area contributed by atoms with Crippen LogP contribution in [-0.2, 0) is 6.61 Å². The smallest absolute Gasteiger partial charge is 0.147 e. The highest BCUT2D eigenvalue weighted by Crippen LogP contribution is 2.36. The number of aliphatic hydroxyl groups excluding tert-OH is 1. The quantitative estimate of drug-likeness (QED) is 0.812. The van der Waals surface area contributed by atoms with Crippen molar-refractivity contribution in [2.24, 2.45) is 5.92 Å². The molecule has 0 amide bonds. The molecule has 86 valence electrons. The lowest BCUT2D eigenvalue weighted by Crippen LogP contribution is -2.29. The summed E-state index contributed by atoms with van der Waals surface area (Å²) in [6.07, 6.45) is 8.72. The van der Waals surface area contributed by atoms with Crippen LogP contribution in [0.3, 0.4) is 0 Å². The summed E-state index contributed by atoms with van der Waals surface area (Å²) in [6, 6.07) is 0.670. The van der Waals surface area contributed by atoms with Gasteiger partial charge in [-0.3, -0.25) is 4.98 Å². The van der Waals surface area contributed by atoms with Crippen molar-refractivity contribution >= 4 is 5.82 Å². The van der Waals surface area contributed by atoms with E-state index in [1.807, 2.05) is 6.20 Å². The van der Waals surface area contributed by atoms with Gasteiger partial charge in [0.25, 0.3) is 0 Å². The zero-order valence-electron chi connectivity index (χ0n) is 9.34. The van der Waals surface area contributed by atoms with Crippen molar-refractivity contribution in [1.29, 1.82) is 0 Å². The molecule has 0 radical (unpaired) electrons. The summed E-state index contributed by atoms with van der Waals surface area (Å²) in [5, 5.41) is 9.07. The number of nitrogens with zero attached hydrogens (tertiary/aromatic N) is 3. The zero-order valence-corrected chi connectivity index (χ0v) is 9.34. The summed E-state index contributed by atoms with van der Waals surface area (Å²) in [4.78, 5) is 11.0. The minimum atomic E-state index is -0.0250. The molecule has 2 aliphatic carbocycles. The molecule has 16 heavy (non-hydrogen) atoms. The Morgan fingerprint density at radius 2 is 2.06 bits per heavy atom. The van der Waals surface area contributed by atoms with Crippen LogP contribution in [0.4, 0.5) is 5.82 Å². The van der Waals surface area contributed by atoms with E-state index in [4.69, 9.17) is 5.11 Å². The Morgan fingerprint density at radius 1 is 1.25 bits per heavy atom. The maximum absolute atomic E-state index is 9.07. The van der Waals surface area contributed by atoms with Gasteiger partial charge in [0.2, 0.25) is 0 Å². The summed E-state index contributed by atoms with van der Waals surface area (Å²) in [5.41, 5.74) is 0.666. The van der Waals surface area contributed by atoms with Gasteiger partial charge in [0.1, 0.15) is 5.82 Å². The highest BCUT2D eigenvalue weighted by atomic mass is 16.3. The van der Waals surface area contributed by atoms with Gasteiger partial charge < -0.3 is 10.0 Å². The van der Waals surface area contributed by atoms with Crippen LogP contribution in [0, 0.1) is 5.92 Å². The van der Waals surface area contributed by atoms with E-state index in [0.717, 1.165) is 18.3 Å². The van der Waals surface area contributed by atoms with Crippen molar-refractivity contribution in [3.63, 3.8) is 0 Å². The molecule has 0 bridgehead atoms. The zero-order chi connectivity index (χ0) is 11.0. The van der Waals surface area contributed by atoms with Crippen LogP contribution >= 0.6 is 0 Å².